The van der Waals surface area contributed by atoms with Crippen LogP contribution in [0.4, 0.5) is 0 Å². The van der Waals surface area contributed by atoms with Gasteiger partial charge in [0.2, 0.25) is 5.75 Å². The Balaban J connectivity index is 0.00000144. The minimum absolute atomic E-state index is 0. The molecule has 1 atom stereocenters. The minimum Gasteiger partial charge on any atom is -0.870 e. The number of aromatic nitrogens is 1. The third-order valence-electron chi connectivity index (χ3n) is 2.08. The lowest BCUT2D eigenvalue weighted by Crippen LogP contribution is -2.26. The molecule has 0 amide bonds. The summed E-state index contributed by atoms with van der Waals surface area (Å²) >= 11 is 1.55. The number of thiazole rings is 1. The van der Waals surface area contributed by atoms with Gasteiger partial charge in [-0.25, -0.2) is 4.52 Å². The van der Waals surface area contributed by atoms with Crippen LogP contribution >= 0.6 is 19.6 Å². The van der Waals surface area contributed by atoms with Gasteiger partial charge in [0.25, 0.3) is 5.01 Å². The van der Waals surface area contributed by atoms with E-state index in [1.807, 2.05) is 35.3 Å². The molecule has 1 heterocycles. The summed E-state index contributed by atoms with van der Waals surface area (Å²) in [6.45, 7) is 0. The van der Waals surface area contributed by atoms with E-state index in [9.17, 15) is 4.57 Å². The number of benzene rings is 1. The maximum absolute atomic E-state index is 10.7. The summed E-state index contributed by atoms with van der Waals surface area (Å²) in [7, 11) is -0.715. The molecule has 0 saturated heterocycles. The largest absolute Gasteiger partial charge is 0.870 e. The van der Waals surface area contributed by atoms with Crippen molar-refractivity contribution in [3.8, 4) is 16.3 Å². The van der Waals surface area contributed by atoms with Crippen LogP contribution in [-0.4, -0.2) is 10.4 Å². The minimum atomic E-state index is -2.63. The van der Waals surface area contributed by atoms with Crippen LogP contribution in [0.3, 0.4) is 0 Å². The van der Waals surface area contributed by atoms with E-state index >= 15 is 0 Å². The fourth-order valence-corrected chi connectivity index (χ4v) is 2.62. The van der Waals surface area contributed by atoms with E-state index in [4.69, 9.17) is 9.42 Å². The highest BCUT2D eigenvalue weighted by Gasteiger charge is 2.22. The number of para-hydroxylation sites is 1. The molecule has 0 bridgehead atoms. The molecule has 1 aromatic heterocycles. The Labute approximate surface area is 103 Å². The van der Waals surface area contributed by atoms with Crippen molar-refractivity contribution in [3.63, 3.8) is 0 Å². The lowest BCUT2D eigenvalue weighted by Gasteiger charge is -1.97. The zero-order chi connectivity index (χ0) is 11.5. The van der Waals surface area contributed by atoms with E-state index in [0.717, 1.165) is 10.6 Å². The molecule has 0 fully saturated rings. The molecule has 2 N–H and O–H groups in total. The molecular formula is C10H11NO4PS+. The van der Waals surface area contributed by atoms with Crippen LogP contribution in [0.15, 0.2) is 35.8 Å². The zero-order valence-corrected chi connectivity index (χ0v) is 10.7. The molecule has 1 unspecified atom stereocenters. The van der Waals surface area contributed by atoms with Gasteiger partial charge >= 0.3 is 8.25 Å². The SMILES string of the molecule is C[n+]1ccsc1-c1ccccc1O[P+](=O)O.[OH-]. The van der Waals surface area contributed by atoms with Gasteiger partial charge in [-0.2, -0.15) is 4.57 Å². The number of nitrogens with zero attached hydrogens (tertiary/aromatic N) is 1. The topological polar surface area (TPSA) is 80.4 Å². The Morgan fingerprint density at radius 1 is 1.41 bits per heavy atom. The van der Waals surface area contributed by atoms with E-state index in [2.05, 4.69) is 0 Å². The molecule has 0 aliphatic heterocycles. The molecule has 0 radical (unpaired) electrons. The van der Waals surface area contributed by atoms with Crippen molar-refractivity contribution >= 4 is 19.6 Å². The number of hydrogen-bond donors (Lipinski definition) is 1. The molecule has 0 aliphatic carbocycles. The molecule has 1 aromatic carbocycles. The normalized spacial score (nSPS) is 10.6. The lowest BCUT2D eigenvalue weighted by atomic mass is 10.2. The molecule has 17 heavy (non-hydrogen) atoms. The molecular weight excluding hydrogens is 261 g/mol. The molecule has 7 heteroatoms. The first-order chi connectivity index (χ1) is 7.68. The highest BCUT2D eigenvalue weighted by Crippen LogP contribution is 2.34. The van der Waals surface area contributed by atoms with Gasteiger partial charge in [0.1, 0.15) is 12.6 Å². The number of hydrogen-bond acceptors (Lipinski definition) is 4. The molecule has 2 rings (SSSR count). The standard InChI is InChI=1S/C10H9NO3PS.H2O/c1-11-6-7-16-10(11)8-4-2-3-5-9(8)14-15(12)13;/h2-7H,1H3;1H2/q+1;. The fraction of sp³-hybridized carbons (Fsp3) is 0.100. The van der Waals surface area contributed by atoms with Crippen LogP contribution in [0.25, 0.3) is 10.6 Å². The first-order valence-electron chi connectivity index (χ1n) is 4.55. The first kappa shape index (κ1) is 13.7. The summed E-state index contributed by atoms with van der Waals surface area (Å²) in [6, 6.07) is 7.18. The maximum atomic E-state index is 10.7. The van der Waals surface area contributed by atoms with Crippen molar-refractivity contribution < 1.29 is 24.0 Å². The van der Waals surface area contributed by atoms with Gasteiger partial charge in [0.15, 0.2) is 6.20 Å². The van der Waals surface area contributed by atoms with E-state index < -0.39 is 8.25 Å². The van der Waals surface area contributed by atoms with Crippen LogP contribution in [0.5, 0.6) is 5.75 Å². The Bertz CT molecular complexity index is 529. The predicted molar refractivity (Wildman–Crippen MR) is 63.3 cm³/mol. The summed E-state index contributed by atoms with van der Waals surface area (Å²) in [5.41, 5.74) is 0.817. The second kappa shape index (κ2) is 5.84. The summed E-state index contributed by atoms with van der Waals surface area (Å²) in [4.78, 5) is 8.78. The fourth-order valence-electron chi connectivity index (χ4n) is 1.40. The first-order valence-corrected chi connectivity index (χ1v) is 6.56. The predicted octanol–water partition coefficient (Wildman–Crippen LogP) is 2.09. The van der Waals surface area contributed by atoms with Crippen molar-refractivity contribution in [2.45, 2.75) is 0 Å². The van der Waals surface area contributed by atoms with Gasteiger partial charge in [0.05, 0.1) is 5.38 Å². The van der Waals surface area contributed by atoms with E-state index in [1.54, 1.807) is 23.5 Å². The van der Waals surface area contributed by atoms with Crippen LogP contribution < -0.4 is 9.09 Å². The van der Waals surface area contributed by atoms with Crippen LogP contribution in [0.2, 0.25) is 0 Å². The van der Waals surface area contributed by atoms with Gasteiger partial charge in [-0.15, -0.1) is 4.89 Å². The molecule has 90 valence electrons. The van der Waals surface area contributed by atoms with Crippen molar-refractivity contribution in [1.82, 2.24) is 0 Å². The average molecular weight is 272 g/mol. The summed E-state index contributed by atoms with van der Waals surface area (Å²) in [5.74, 6) is 0.421. The Morgan fingerprint density at radius 3 is 2.71 bits per heavy atom. The summed E-state index contributed by atoms with van der Waals surface area (Å²) < 4.78 is 17.5. The molecule has 5 nitrogen and oxygen atoms in total. The van der Waals surface area contributed by atoms with E-state index in [1.165, 1.54) is 0 Å². The zero-order valence-electron chi connectivity index (χ0n) is 8.98. The van der Waals surface area contributed by atoms with Gasteiger partial charge in [-0.3, -0.25) is 0 Å². The smallest absolute Gasteiger partial charge is 0.747 e. The van der Waals surface area contributed by atoms with Crippen molar-refractivity contribution in [2.75, 3.05) is 0 Å². The van der Waals surface area contributed by atoms with E-state index in [0.29, 0.717) is 5.75 Å². The molecule has 0 aliphatic rings. The quantitative estimate of drug-likeness (QED) is 0.685. The third kappa shape index (κ3) is 3.08. The third-order valence-corrected chi connectivity index (χ3v) is 3.42. The Hall–Kier alpha value is -1.33. The Morgan fingerprint density at radius 2 is 2.12 bits per heavy atom. The number of rotatable bonds is 3. The lowest BCUT2D eigenvalue weighted by molar-refractivity contribution is -0.655. The van der Waals surface area contributed by atoms with Crippen LogP contribution in [0.1, 0.15) is 0 Å². The average Bonchev–Trinajstić information content (AvgIpc) is 2.64. The van der Waals surface area contributed by atoms with E-state index in [-0.39, 0.29) is 5.48 Å². The van der Waals surface area contributed by atoms with Crippen LogP contribution in [-0.2, 0) is 11.6 Å². The van der Waals surface area contributed by atoms with Gasteiger partial charge < -0.3 is 5.48 Å². The van der Waals surface area contributed by atoms with Gasteiger partial charge in [0, 0.05) is 4.57 Å². The van der Waals surface area contributed by atoms with Gasteiger partial charge in [-0.1, -0.05) is 23.5 Å². The second-order valence-electron chi connectivity index (χ2n) is 3.14. The monoisotopic (exact) mass is 272 g/mol. The summed E-state index contributed by atoms with van der Waals surface area (Å²) in [5, 5.41) is 2.93. The highest BCUT2D eigenvalue weighted by molar-refractivity contribution is 7.32. The maximum Gasteiger partial charge on any atom is 0.747 e. The molecule has 0 spiro atoms. The summed E-state index contributed by atoms with van der Waals surface area (Å²) in [6.07, 6.45) is 1.93. The Kier molecular flexibility index (Phi) is 4.72. The van der Waals surface area contributed by atoms with Crippen molar-refractivity contribution in [1.29, 1.82) is 0 Å². The second-order valence-corrected chi connectivity index (χ2v) is 4.70. The van der Waals surface area contributed by atoms with Crippen LogP contribution in [0, 0.1) is 0 Å². The van der Waals surface area contributed by atoms with Crippen molar-refractivity contribution in [2.24, 2.45) is 7.05 Å². The van der Waals surface area contributed by atoms with Gasteiger partial charge in [-0.05, 0) is 12.1 Å². The number of aryl methyl sites for hydroxylation is 1. The van der Waals surface area contributed by atoms with Crippen molar-refractivity contribution in [3.05, 3.63) is 35.8 Å². The molecule has 2 aromatic rings. The highest BCUT2D eigenvalue weighted by atomic mass is 32.1. The molecule has 0 saturated carbocycles.